The van der Waals surface area contributed by atoms with E-state index in [0.29, 0.717) is 0 Å². The molecule has 1 unspecified atom stereocenters. The molecule has 0 aliphatic rings. The fourth-order valence-electron chi connectivity index (χ4n) is 1.91. The van der Waals surface area contributed by atoms with Crippen LogP contribution in [0.3, 0.4) is 0 Å². The maximum atomic E-state index is 6.21. The first-order chi connectivity index (χ1) is 8.18. The molecule has 0 saturated carbocycles. The number of hydrogen-bond acceptors (Lipinski definition) is 2. The first-order valence-electron chi connectivity index (χ1n) is 5.70. The average molecular weight is 310 g/mol. The van der Waals surface area contributed by atoms with Gasteiger partial charge in [-0.2, -0.15) is 11.3 Å². The second-order valence-corrected chi connectivity index (χ2v) is 5.84. The zero-order chi connectivity index (χ0) is 12.3. The summed E-state index contributed by atoms with van der Waals surface area (Å²) in [5, 5.41) is 4.22. The number of hydrogen-bond donors (Lipinski definition) is 1. The first kappa shape index (κ1) is 12.8. The van der Waals surface area contributed by atoms with Crippen LogP contribution in [-0.4, -0.2) is 0 Å². The summed E-state index contributed by atoms with van der Waals surface area (Å²) in [7, 11) is 0. The van der Waals surface area contributed by atoms with Gasteiger partial charge in [0.05, 0.1) is 0 Å². The second kappa shape index (κ2) is 5.80. The molecule has 2 aromatic rings. The van der Waals surface area contributed by atoms with Crippen molar-refractivity contribution in [3.8, 4) is 0 Å². The molecule has 0 radical (unpaired) electrons. The minimum absolute atomic E-state index is 0.121. The van der Waals surface area contributed by atoms with Crippen molar-refractivity contribution in [2.75, 3.05) is 0 Å². The molecule has 17 heavy (non-hydrogen) atoms. The van der Waals surface area contributed by atoms with Crippen LogP contribution in [0.4, 0.5) is 0 Å². The summed E-state index contributed by atoms with van der Waals surface area (Å²) in [6.07, 6.45) is 2.02. The molecule has 1 heterocycles. The first-order valence-corrected chi connectivity index (χ1v) is 7.43. The van der Waals surface area contributed by atoms with Gasteiger partial charge in [-0.15, -0.1) is 0 Å². The summed E-state index contributed by atoms with van der Waals surface area (Å²) in [6.45, 7) is 2.15. The van der Waals surface area contributed by atoms with Gasteiger partial charge >= 0.3 is 0 Å². The number of aryl methyl sites for hydroxylation is 2. The van der Waals surface area contributed by atoms with E-state index in [4.69, 9.17) is 5.73 Å². The van der Waals surface area contributed by atoms with E-state index in [2.05, 4.69) is 57.9 Å². The van der Waals surface area contributed by atoms with Gasteiger partial charge in [-0.1, -0.05) is 24.3 Å². The molecule has 0 bridgehead atoms. The minimum Gasteiger partial charge on any atom is -0.324 e. The van der Waals surface area contributed by atoms with Gasteiger partial charge in [0, 0.05) is 15.9 Å². The summed E-state index contributed by atoms with van der Waals surface area (Å²) in [5.41, 5.74) is 10.2. The van der Waals surface area contributed by atoms with Crippen molar-refractivity contribution < 1.29 is 0 Å². The molecule has 2 N–H and O–H groups in total. The Balaban J connectivity index is 2.00. The molecule has 90 valence electrons. The Hall–Kier alpha value is -0.640. The average Bonchev–Trinajstić information content (AvgIpc) is 2.74. The van der Waals surface area contributed by atoms with Crippen molar-refractivity contribution >= 4 is 27.3 Å². The number of thiophene rings is 1. The van der Waals surface area contributed by atoms with E-state index in [-0.39, 0.29) is 6.04 Å². The van der Waals surface area contributed by atoms with E-state index >= 15 is 0 Å². The van der Waals surface area contributed by atoms with E-state index in [0.717, 1.165) is 17.3 Å². The van der Waals surface area contributed by atoms with E-state index in [1.807, 2.05) is 0 Å². The molecule has 0 aliphatic heterocycles. The Morgan fingerprint density at radius 3 is 2.71 bits per heavy atom. The molecular formula is C14H16BrNS. The van der Waals surface area contributed by atoms with Gasteiger partial charge in [-0.05, 0) is 57.8 Å². The topological polar surface area (TPSA) is 26.0 Å². The summed E-state index contributed by atoms with van der Waals surface area (Å²) in [6, 6.07) is 8.63. The zero-order valence-electron chi connectivity index (χ0n) is 9.82. The van der Waals surface area contributed by atoms with Crippen LogP contribution in [0.1, 0.15) is 29.2 Å². The van der Waals surface area contributed by atoms with Crippen LogP contribution < -0.4 is 5.73 Å². The van der Waals surface area contributed by atoms with E-state index in [1.165, 1.54) is 16.7 Å². The quantitative estimate of drug-likeness (QED) is 0.887. The highest BCUT2D eigenvalue weighted by Crippen LogP contribution is 2.28. The summed E-state index contributed by atoms with van der Waals surface area (Å²) in [5.74, 6) is 0. The normalized spacial score (nSPS) is 12.6. The highest BCUT2D eigenvalue weighted by molar-refractivity contribution is 9.10. The van der Waals surface area contributed by atoms with Gasteiger partial charge in [-0.3, -0.25) is 0 Å². The smallest absolute Gasteiger partial charge is 0.0330 e. The zero-order valence-corrected chi connectivity index (χ0v) is 12.2. The van der Waals surface area contributed by atoms with E-state index in [9.17, 15) is 0 Å². The standard InChI is InChI=1S/C14H16BrNS/c1-10-4-2-3-5-11(10)6-7-14(16)12-8-17-9-13(12)15/h2-5,8-9,14H,6-7,16H2,1H3. The molecule has 1 nitrogen and oxygen atoms in total. The van der Waals surface area contributed by atoms with Crippen molar-refractivity contribution in [1.29, 1.82) is 0 Å². The molecule has 1 aromatic carbocycles. The lowest BCUT2D eigenvalue weighted by atomic mass is 9.99. The third-order valence-corrected chi connectivity index (χ3v) is 4.78. The van der Waals surface area contributed by atoms with E-state index < -0.39 is 0 Å². The molecule has 0 amide bonds. The van der Waals surface area contributed by atoms with Crippen LogP contribution in [-0.2, 0) is 6.42 Å². The summed E-state index contributed by atoms with van der Waals surface area (Å²) >= 11 is 5.23. The molecule has 0 spiro atoms. The number of nitrogens with two attached hydrogens (primary N) is 1. The molecule has 1 atom stereocenters. The second-order valence-electron chi connectivity index (χ2n) is 4.25. The molecule has 0 fully saturated rings. The number of rotatable bonds is 4. The third kappa shape index (κ3) is 3.18. The van der Waals surface area contributed by atoms with Crippen molar-refractivity contribution in [1.82, 2.24) is 0 Å². The lowest BCUT2D eigenvalue weighted by Crippen LogP contribution is -2.11. The van der Waals surface area contributed by atoms with Crippen LogP contribution in [0.2, 0.25) is 0 Å². The SMILES string of the molecule is Cc1ccccc1CCC(N)c1cscc1Br. The fourth-order valence-corrected chi connectivity index (χ4v) is 3.57. The Morgan fingerprint density at radius 1 is 1.29 bits per heavy atom. The van der Waals surface area contributed by atoms with Crippen molar-refractivity contribution in [3.63, 3.8) is 0 Å². The molecular weight excluding hydrogens is 294 g/mol. The molecule has 0 aliphatic carbocycles. The van der Waals surface area contributed by atoms with Crippen molar-refractivity contribution in [2.45, 2.75) is 25.8 Å². The van der Waals surface area contributed by atoms with E-state index in [1.54, 1.807) is 11.3 Å². The highest BCUT2D eigenvalue weighted by atomic mass is 79.9. The largest absolute Gasteiger partial charge is 0.324 e. The number of halogens is 1. The third-order valence-electron chi connectivity index (χ3n) is 3.03. The lowest BCUT2D eigenvalue weighted by molar-refractivity contribution is 0.650. The minimum atomic E-state index is 0.121. The van der Waals surface area contributed by atoms with Crippen LogP contribution in [0.15, 0.2) is 39.5 Å². The Labute approximate surface area is 115 Å². The highest BCUT2D eigenvalue weighted by Gasteiger charge is 2.11. The van der Waals surface area contributed by atoms with Crippen molar-refractivity contribution in [2.24, 2.45) is 5.73 Å². The Morgan fingerprint density at radius 2 is 2.06 bits per heavy atom. The monoisotopic (exact) mass is 309 g/mol. The molecule has 0 saturated heterocycles. The predicted molar refractivity (Wildman–Crippen MR) is 78.4 cm³/mol. The van der Waals surface area contributed by atoms with Gasteiger partial charge in [-0.25, -0.2) is 0 Å². The lowest BCUT2D eigenvalue weighted by Gasteiger charge is -2.12. The van der Waals surface area contributed by atoms with Gasteiger partial charge < -0.3 is 5.73 Å². The molecule has 1 aromatic heterocycles. The van der Waals surface area contributed by atoms with Crippen LogP contribution >= 0.6 is 27.3 Å². The Bertz CT molecular complexity index is 492. The van der Waals surface area contributed by atoms with Gasteiger partial charge in [0.25, 0.3) is 0 Å². The van der Waals surface area contributed by atoms with Crippen LogP contribution in [0.25, 0.3) is 0 Å². The van der Waals surface area contributed by atoms with Gasteiger partial charge in [0.15, 0.2) is 0 Å². The predicted octanol–water partition coefficient (Wildman–Crippen LogP) is 4.45. The molecule has 3 heteroatoms. The van der Waals surface area contributed by atoms with Crippen LogP contribution in [0.5, 0.6) is 0 Å². The fraction of sp³-hybridized carbons (Fsp3) is 0.286. The maximum Gasteiger partial charge on any atom is 0.0330 e. The maximum absolute atomic E-state index is 6.21. The Kier molecular flexibility index (Phi) is 4.37. The number of benzene rings is 1. The van der Waals surface area contributed by atoms with Gasteiger partial charge in [0.2, 0.25) is 0 Å². The van der Waals surface area contributed by atoms with Gasteiger partial charge in [0.1, 0.15) is 0 Å². The van der Waals surface area contributed by atoms with Crippen molar-refractivity contribution in [3.05, 3.63) is 56.2 Å². The molecule has 2 rings (SSSR count). The summed E-state index contributed by atoms with van der Waals surface area (Å²) < 4.78 is 1.14. The van der Waals surface area contributed by atoms with Crippen LogP contribution in [0, 0.1) is 6.92 Å². The summed E-state index contributed by atoms with van der Waals surface area (Å²) in [4.78, 5) is 0.